The summed E-state index contributed by atoms with van der Waals surface area (Å²) in [6.07, 6.45) is 0. The molecule has 0 unspecified atom stereocenters. The number of rotatable bonds is 6. The molecular formula is C13H23NS2. The van der Waals surface area contributed by atoms with Crippen LogP contribution in [0.15, 0.2) is 17.5 Å². The van der Waals surface area contributed by atoms with Gasteiger partial charge >= 0.3 is 0 Å². The zero-order chi connectivity index (χ0) is 12.2. The first-order valence-corrected chi connectivity index (χ1v) is 7.33. The highest BCUT2D eigenvalue weighted by molar-refractivity contribution is 7.80. The van der Waals surface area contributed by atoms with E-state index in [2.05, 4.69) is 62.7 Å². The first kappa shape index (κ1) is 14.1. The topological polar surface area (TPSA) is 3.24 Å². The third kappa shape index (κ3) is 4.48. The van der Waals surface area contributed by atoms with E-state index in [9.17, 15) is 0 Å². The van der Waals surface area contributed by atoms with Gasteiger partial charge in [-0.05, 0) is 36.5 Å². The van der Waals surface area contributed by atoms with Crippen LogP contribution in [0.1, 0.15) is 32.6 Å². The van der Waals surface area contributed by atoms with E-state index in [1.807, 2.05) is 11.3 Å². The standard InChI is InChI=1S/C13H23NS2/c1-11(2)14(9-13(3,4)10-15)8-12-6-5-7-16-12/h5-7,11,15H,8-10H2,1-4H3. The molecule has 0 aromatic carbocycles. The number of hydrogen-bond acceptors (Lipinski definition) is 3. The minimum atomic E-state index is 0.282. The molecule has 1 rings (SSSR count). The summed E-state index contributed by atoms with van der Waals surface area (Å²) in [5.41, 5.74) is 0.282. The third-order valence-corrected chi connectivity index (χ3v) is 4.45. The summed E-state index contributed by atoms with van der Waals surface area (Å²) in [6, 6.07) is 4.93. The van der Waals surface area contributed by atoms with Crippen LogP contribution in [0.2, 0.25) is 0 Å². The molecule has 1 aromatic heterocycles. The van der Waals surface area contributed by atoms with Gasteiger partial charge in [0.25, 0.3) is 0 Å². The number of thiol groups is 1. The Labute approximate surface area is 109 Å². The fourth-order valence-electron chi connectivity index (χ4n) is 1.62. The lowest BCUT2D eigenvalue weighted by molar-refractivity contribution is 0.151. The molecule has 16 heavy (non-hydrogen) atoms. The Hall–Kier alpha value is 0.01000. The van der Waals surface area contributed by atoms with Gasteiger partial charge in [0.15, 0.2) is 0 Å². The smallest absolute Gasteiger partial charge is 0.0330 e. The summed E-state index contributed by atoms with van der Waals surface area (Å²) < 4.78 is 0. The van der Waals surface area contributed by atoms with Gasteiger partial charge in [-0.25, -0.2) is 0 Å². The van der Waals surface area contributed by atoms with Crippen LogP contribution in [-0.2, 0) is 6.54 Å². The Bertz CT molecular complexity index is 291. The third-order valence-electron chi connectivity index (χ3n) is 2.73. The summed E-state index contributed by atoms with van der Waals surface area (Å²) in [4.78, 5) is 3.98. The Morgan fingerprint density at radius 1 is 1.44 bits per heavy atom. The van der Waals surface area contributed by atoms with Crippen molar-refractivity contribution in [3.05, 3.63) is 22.4 Å². The van der Waals surface area contributed by atoms with Crippen molar-refractivity contribution in [1.82, 2.24) is 4.90 Å². The molecule has 3 heteroatoms. The lowest BCUT2D eigenvalue weighted by atomic mass is 9.95. The minimum absolute atomic E-state index is 0.282. The number of thiophene rings is 1. The summed E-state index contributed by atoms with van der Waals surface area (Å²) in [6.45, 7) is 11.3. The van der Waals surface area contributed by atoms with E-state index in [0.29, 0.717) is 6.04 Å². The average molecular weight is 257 g/mol. The Morgan fingerprint density at radius 2 is 2.12 bits per heavy atom. The van der Waals surface area contributed by atoms with Crippen LogP contribution in [0.4, 0.5) is 0 Å². The van der Waals surface area contributed by atoms with Crippen molar-refractivity contribution in [3.63, 3.8) is 0 Å². The van der Waals surface area contributed by atoms with Gasteiger partial charge in [0.1, 0.15) is 0 Å². The molecule has 0 aliphatic rings. The fourth-order valence-corrected chi connectivity index (χ4v) is 2.45. The number of hydrogen-bond donors (Lipinski definition) is 1. The molecule has 1 heterocycles. The molecule has 0 amide bonds. The lowest BCUT2D eigenvalue weighted by Crippen LogP contribution is -2.39. The molecule has 92 valence electrons. The normalized spacial score (nSPS) is 12.7. The van der Waals surface area contributed by atoms with Crippen molar-refractivity contribution in [3.8, 4) is 0 Å². The highest BCUT2D eigenvalue weighted by Gasteiger charge is 2.22. The van der Waals surface area contributed by atoms with Gasteiger partial charge in [-0.2, -0.15) is 12.6 Å². The van der Waals surface area contributed by atoms with Crippen LogP contribution in [0.3, 0.4) is 0 Å². The van der Waals surface area contributed by atoms with Crippen molar-refractivity contribution in [2.75, 3.05) is 12.3 Å². The first-order valence-electron chi connectivity index (χ1n) is 5.82. The lowest BCUT2D eigenvalue weighted by Gasteiger charge is -2.34. The maximum Gasteiger partial charge on any atom is 0.0330 e. The summed E-state index contributed by atoms with van der Waals surface area (Å²) in [5, 5.41) is 2.15. The second-order valence-corrected chi connectivity index (χ2v) is 6.75. The molecule has 1 nitrogen and oxygen atoms in total. The van der Waals surface area contributed by atoms with Gasteiger partial charge in [0.2, 0.25) is 0 Å². The van der Waals surface area contributed by atoms with Crippen molar-refractivity contribution in [1.29, 1.82) is 0 Å². The van der Waals surface area contributed by atoms with E-state index < -0.39 is 0 Å². The molecule has 0 atom stereocenters. The second-order valence-electron chi connectivity index (χ2n) is 5.40. The predicted molar refractivity (Wildman–Crippen MR) is 77.5 cm³/mol. The molecule has 0 saturated heterocycles. The van der Waals surface area contributed by atoms with Crippen molar-refractivity contribution in [2.24, 2.45) is 5.41 Å². The van der Waals surface area contributed by atoms with Crippen LogP contribution in [0.5, 0.6) is 0 Å². The highest BCUT2D eigenvalue weighted by atomic mass is 32.1. The predicted octanol–water partition coefficient (Wildman–Crippen LogP) is 3.91. The molecular weight excluding hydrogens is 234 g/mol. The average Bonchev–Trinajstić information content (AvgIpc) is 2.69. The van der Waals surface area contributed by atoms with E-state index in [0.717, 1.165) is 18.8 Å². The van der Waals surface area contributed by atoms with Crippen LogP contribution in [-0.4, -0.2) is 23.2 Å². The van der Waals surface area contributed by atoms with E-state index in [1.165, 1.54) is 4.88 Å². The quantitative estimate of drug-likeness (QED) is 0.756. The molecule has 0 spiro atoms. The maximum absolute atomic E-state index is 4.43. The zero-order valence-electron chi connectivity index (χ0n) is 10.7. The summed E-state index contributed by atoms with van der Waals surface area (Å²) in [5.74, 6) is 0.931. The van der Waals surface area contributed by atoms with E-state index in [1.54, 1.807) is 0 Å². The Balaban J connectivity index is 2.62. The van der Waals surface area contributed by atoms with Crippen LogP contribution >= 0.6 is 24.0 Å². The van der Waals surface area contributed by atoms with E-state index in [4.69, 9.17) is 0 Å². The molecule has 0 bridgehead atoms. The Kier molecular flexibility index (Phi) is 5.35. The van der Waals surface area contributed by atoms with Crippen molar-refractivity contribution < 1.29 is 0 Å². The monoisotopic (exact) mass is 257 g/mol. The molecule has 0 aliphatic carbocycles. The van der Waals surface area contributed by atoms with Crippen molar-refractivity contribution in [2.45, 2.75) is 40.3 Å². The van der Waals surface area contributed by atoms with Gasteiger partial charge in [-0.1, -0.05) is 19.9 Å². The molecule has 1 aromatic rings. The molecule has 0 saturated carbocycles. The van der Waals surface area contributed by atoms with Crippen LogP contribution in [0.25, 0.3) is 0 Å². The van der Waals surface area contributed by atoms with Gasteiger partial charge < -0.3 is 0 Å². The van der Waals surface area contributed by atoms with Crippen LogP contribution < -0.4 is 0 Å². The van der Waals surface area contributed by atoms with Gasteiger partial charge in [0.05, 0.1) is 0 Å². The largest absolute Gasteiger partial charge is 0.295 e. The molecule has 0 aliphatic heterocycles. The zero-order valence-corrected chi connectivity index (χ0v) is 12.4. The molecule has 0 fully saturated rings. The fraction of sp³-hybridized carbons (Fsp3) is 0.692. The van der Waals surface area contributed by atoms with E-state index >= 15 is 0 Å². The van der Waals surface area contributed by atoms with Gasteiger partial charge in [-0.15, -0.1) is 11.3 Å². The Morgan fingerprint density at radius 3 is 2.56 bits per heavy atom. The highest BCUT2D eigenvalue weighted by Crippen LogP contribution is 2.22. The maximum atomic E-state index is 4.43. The SMILES string of the molecule is CC(C)N(Cc1cccs1)CC(C)(C)CS. The summed E-state index contributed by atoms with van der Waals surface area (Å²) in [7, 11) is 0. The number of nitrogens with zero attached hydrogens (tertiary/aromatic N) is 1. The second kappa shape index (κ2) is 6.08. The molecule has 0 radical (unpaired) electrons. The minimum Gasteiger partial charge on any atom is -0.295 e. The van der Waals surface area contributed by atoms with Crippen LogP contribution in [0, 0.1) is 5.41 Å². The van der Waals surface area contributed by atoms with Crippen molar-refractivity contribution >= 4 is 24.0 Å². The van der Waals surface area contributed by atoms with E-state index in [-0.39, 0.29) is 5.41 Å². The van der Waals surface area contributed by atoms with Gasteiger partial charge in [0, 0.05) is 24.0 Å². The van der Waals surface area contributed by atoms with Gasteiger partial charge in [-0.3, -0.25) is 4.90 Å². The molecule has 0 N–H and O–H groups in total. The first-order chi connectivity index (χ1) is 7.44. The summed E-state index contributed by atoms with van der Waals surface area (Å²) >= 11 is 6.28.